The molecule has 1 fully saturated rings. The summed E-state index contributed by atoms with van der Waals surface area (Å²) in [6.07, 6.45) is 6.87. The third kappa shape index (κ3) is 2.00. The fraction of sp³-hybridized carbons (Fsp3) is 0.889. The van der Waals surface area contributed by atoms with Crippen molar-refractivity contribution in [2.24, 2.45) is 11.8 Å². The molecule has 1 rings (SSSR count). The zero-order chi connectivity index (χ0) is 6.69. The van der Waals surface area contributed by atoms with Crippen molar-refractivity contribution in [3.05, 3.63) is 6.92 Å². The third-order valence-corrected chi connectivity index (χ3v) is 2.39. The summed E-state index contributed by atoms with van der Waals surface area (Å²) in [5.74, 6) is 2.11. The molecule has 0 aromatic heterocycles. The molecule has 0 saturated heterocycles. The zero-order valence-corrected chi connectivity index (χ0v) is 6.40. The molecule has 1 aliphatic carbocycles. The van der Waals surface area contributed by atoms with Gasteiger partial charge in [0, 0.05) is 0 Å². The highest BCUT2D eigenvalue weighted by atomic mass is 14.3. The minimum atomic E-state index is 1.02. The van der Waals surface area contributed by atoms with E-state index in [-0.39, 0.29) is 0 Å². The first-order chi connectivity index (χ1) is 4.38. The molecule has 0 bridgehead atoms. The molecule has 0 spiro atoms. The second-order valence-corrected chi connectivity index (χ2v) is 3.15. The fourth-order valence-corrected chi connectivity index (χ4v) is 1.60. The average molecular weight is 125 g/mol. The maximum absolute atomic E-state index is 3.88. The monoisotopic (exact) mass is 125 g/mol. The largest absolute Gasteiger partial charge is 0.0651 e. The molecule has 9 heavy (non-hydrogen) atoms. The Hall–Kier alpha value is 0. The zero-order valence-electron chi connectivity index (χ0n) is 6.40. The van der Waals surface area contributed by atoms with Gasteiger partial charge in [-0.3, -0.25) is 0 Å². The van der Waals surface area contributed by atoms with Gasteiger partial charge in [-0.1, -0.05) is 33.1 Å². The van der Waals surface area contributed by atoms with E-state index in [1.165, 1.54) is 25.7 Å². The van der Waals surface area contributed by atoms with Crippen LogP contribution in [0, 0.1) is 18.8 Å². The van der Waals surface area contributed by atoms with Crippen LogP contribution in [0.25, 0.3) is 0 Å². The molecular formula is C9H17. The standard InChI is InChI=1S/C9H17/c1-3-5-8(4-2)9-6-7-9/h8-9H,1,3-7H2,2H3. The highest BCUT2D eigenvalue weighted by Gasteiger charge is 2.28. The van der Waals surface area contributed by atoms with Crippen LogP contribution < -0.4 is 0 Å². The van der Waals surface area contributed by atoms with E-state index in [9.17, 15) is 0 Å². The summed E-state index contributed by atoms with van der Waals surface area (Å²) in [5, 5.41) is 0. The molecule has 0 heterocycles. The lowest BCUT2D eigenvalue weighted by molar-refractivity contribution is 0.418. The maximum atomic E-state index is 3.88. The number of rotatable bonds is 4. The summed E-state index contributed by atoms with van der Waals surface area (Å²) in [4.78, 5) is 0. The summed E-state index contributed by atoms with van der Waals surface area (Å²) in [6.45, 7) is 6.19. The smallest absolute Gasteiger partial charge is 0.0386 e. The molecule has 0 aromatic rings. The lowest BCUT2D eigenvalue weighted by Crippen LogP contribution is -1.99. The molecule has 0 nitrogen and oxygen atoms in total. The summed E-state index contributed by atoms with van der Waals surface area (Å²) in [7, 11) is 0. The molecule has 0 amide bonds. The summed E-state index contributed by atoms with van der Waals surface area (Å²) >= 11 is 0. The van der Waals surface area contributed by atoms with Gasteiger partial charge in [-0.05, 0) is 24.7 Å². The first kappa shape index (κ1) is 7.11. The Morgan fingerprint density at radius 3 is 2.56 bits per heavy atom. The Kier molecular flexibility index (Phi) is 2.56. The molecule has 0 aromatic carbocycles. The molecule has 0 N–H and O–H groups in total. The van der Waals surface area contributed by atoms with Crippen molar-refractivity contribution in [1.82, 2.24) is 0 Å². The highest BCUT2D eigenvalue weighted by Crippen LogP contribution is 2.40. The van der Waals surface area contributed by atoms with Gasteiger partial charge >= 0.3 is 0 Å². The van der Waals surface area contributed by atoms with Crippen molar-refractivity contribution in [3.63, 3.8) is 0 Å². The van der Waals surface area contributed by atoms with Crippen LogP contribution in [0.4, 0.5) is 0 Å². The van der Waals surface area contributed by atoms with Crippen molar-refractivity contribution in [3.8, 4) is 0 Å². The number of hydrogen-bond acceptors (Lipinski definition) is 0. The van der Waals surface area contributed by atoms with Crippen LogP contribution in [0.2, 0.25) is 0 Å². The van der Waals surface area contributed by atoms with Gasteiger partial charge in [-0.2, -0.15) is 0 Å². The minimum Gasteiger partial charge on any atom is -0.0651 e. The van der Waals surface area contributed by atoms with Crippen molar-refractivity contribution in [2.45, 2.75) is 39.0 Å². The molecule has 1 atom stereocenters. The molecule has 1 aliphatic rings. The van der Waals surface area contributed by atoms with Crippen LogP contribution in [-0.4, -0.2) is 0 Å². The predicted octanol–water partition coefficient (Wildman–Crippen LogP) is 3.04. The minimum absolute atomic E-state index is 1.02. The SMILES string of the molecule is [CH2]CCC(CC)C1CC1. The van der Waals surface area contributed by atoms with Gasteiger partial charge in [0.15, 0.2) is 0 Å². The van der Waals surface area contributed by atoms with Gasteiger partial charge in [0.25, 0.3) is 0 Å². The maximum Gasteiger partial charge on any atom is -0.0386 e. The first-order valence-corrected chi connectivity index (χ1v) is 4.17. The normalized spacial score (nSPS) is 22.0. The van der Waals surface area contributed by atoms with Gasteiger partial charge in [0.2, 0.25) is 0 Å². The Bertz CT molecular complexity index is 72.1. The van der Waals surface area contributed by atoms with Crippen LogP contribution in [-0.2, 0) is 0 Å². The topological polar surface area (TPSA) is 0 Å². The Labute approximate surface area is 58.7 Å². The van der Waals surface area contributed by atoms with E-state index in [4.69, 9.17) is 0 Å². The van der Waals surface area contributed by atoms with Crippen LogP contribution in [0.5, 0.6) is 0 Å². The third-order valence-electron chi connectivity index (χ3n) is 2.39. The average Bonchev–Trinajstić information content (AvgIpc) is 2.64. The van der Waals surface area contributed by atoms with Gasteiger partial charge in [-0.15, -0.1) is 0 Å². The quantitative estimate of drug-likeness (QED) is 0.541. The van der Waals surface area contributed by atoms with E-state index in [1.54, 1.807) is 0 Å². The molecule has 1 radical (unpaired) electrons. The van der Waals surface area contributed by atoms with E-state index in [0.29, 0.717) is 0 Å². The van der Waals surface area contributed by atoms with Gasteiger partial charge in [-0.25, -0.2) is 0 Å². The lowest BCUT2D eigenvalue weighted by Gasteiger charge is -2.10. The van der Waals surface area contributed by atoms with Crippen molar-refractivity contribution in [2.75, 3.05) is 0 Å². The van der Waals surface area contributed by atoms with E-state index in [1.807, 2.05) is 0 Å². The van der Waals surface area contributed by atoms with Crippen molar-refractivity contribution < 1.29 is 0 Å². The van der Waals surface area contributed by atoms with Crippen molar-refractivity contribution in [1.29, 1.82) is 0 Å². The van der Waals surface area contributed by atoms with Gasteiger partial charge in [0.05, 0.1) is 0 Å². The second-order valence-electron chi connectivity index (χ2n) is 3.15. The predicted molar refractivity (Wildman–Crippen MR) is 41.1 cm³/mol. The van der Waals surface area contributed by atoms with Crippen LogP contribution >= 0.6 is 0 Å². The summed E-state index contributed by atoms with van der Waals surface area (Å²) < 4.78 is 0. The number of hydrogen-bond donors (Lipinski definition) is 0. The fourth-order valence-electron chi connectivity index (χ4n) is 1.60. The molecule has 53 valence electrons. The Morgan fingerprint density at radius 1 is 1.56 bits per heavy atom. The molecular weight excluding hydrogens is 108 g/mol. The molecule has 1 saturated carbocycles. The van der Waals surface area contributed by atoms with Crippen LogP contribution in [0.15, 0.2) is 0 Å². The van der Waals surface area contributed by atoms with Crippen LogP contribution in [0.3, 0.4) is 0 Å². The van der Waals surface area contributed by atoms with Crippen LogP contribution in [0.1, 0.15) is 39.0 Å². The second kappa shape index (κ2) is 3.24. The first-order valence-electron chi connectivity index (χ1n) is 4.17. The Morgan fingerprint density at radius 2 is 2.22 bits per heavy atom. The van der Waals surface area contributed by atoms with E-state index in [2.05, 4.69) is 13.8 Å². The molecule has 0 aliphatic heterocycles. The Balaban J connectivity index is 2.12. The van der Waals surface area contributed by atoms with E-state index < -0.39 is 0 Å². The van der Waals surface area contributed by atoms with E-state index in [0.717, 1.165) is 18.3 Å². The molecule has 0 heteroatoms. The lowest BCUT2D eigenvalue weighted by atomic mass is 9.96. The van der Waals surface area contributed by atoms with E-state index >= 15 is 0 Å². The summed E-state index contributed by atoms with van der Waals surface area (Å²) in [5.41, 5.74) is 0. The molecule has 1 unspecified atom stereocenters. The van der Waals surface area contributed by atoms with Crippen molar-refractivity contribution >= 4 is 0 Å². The highest BCUT2D eigenvalue weighted by molar-refractivity contribution is 4.80. The van der Waals surface area contributed by atoms with Gasteiger partial charge in [0.1, 0.15) is 0 Å². The van der Waals surface area contributed by atoms with Gasteiger partial charge < -0.3 is 0 Å². The summed E-state index contributed by atoms with van der Waals surface area (Å²) in [6, 6.07) is 0.